The van der Waals surface area contributed by atoms with Crippen molar-refractivity contribution in [2.24, 2.45) is 0 Å². The van der Waals surface area contributed by atoms with Crippen molar-refractivity contribution in [3.8, 4) is 0 Å². The van der Waals surface area contributed by atoms with E-state index in [1.807, 2.05) is 13.0 Å². The summed E-state index contributed by atoms with van der Waals surface area (Å²) in [5, 5.41) is 22.1. The fourth-order valence-corrected chi connectivity index (χ4v) is 5.25. The van der Waals surface area contributed by atoms with Crippen LogP contribution in [0.25, 0.3) is 0 Å². The van der Waals surface area contributed by atoms with E-state index in [9.17, 15) is 13.5 Å². The lowest BCUT2D eigenvalue weighted by atomic mass is 9.89. The molecule has 31 heavy (non-hydrogen) atoms. The Morgan fingerprint density at radius 2 is 1.90 bits per heavy atom. The number of hydrogen-bond acceptors (Lipinski definition) is 5. The highest BCUT2D eigenvalue weighted by atomic mass is 35.5. The number of benzene rings is 2. The first kappa shape index (κ1) is 23.9. The lowest BCUT2D eigenvalue weighted by molar-refractivity contribution is 0.0325. The molecule has 0 bridgehead atoms. The first-order chi connectivity index (χ1) is 14.5. The van der Waals surface area contributed by atoms with Crippen LogP contribution in [0.5, 0.6) is 0 Å². The van der Waals surface area contributed by atoms with Gasteiger partial charge in [-0.2, -0.15) is 4.31 Å². The molecule has 0 aromatic heterocycles. The standard InChI is InChI=1S/C21H23Cl2N3O3S2/c1-15-6-8-17(9-7-15)31(28,29)26(14-24)19(30)25-13-21(27,20(23)10-11-20)12-16-4-2-3-5-18(16)22/h2-9,14,24,27H,10-13H2,1H3,(H,25,30). The lowest BCUT2D eigenvalue weighted by Gasteiger charge is -2.35. The molecule has 10 heteroatoms. The van der Waals surface area contributed by atoms with Crippen molar-refractivity contribution in [3.63, 3.8) is 0 Å². The maximum absolute atomic E-state index is 12.9. The van der Waals surface area contributed by atoms with Crippen molar-refractivity contribution in [1.82, 2.24) is 9.62 Å². The predicted octanol–water partition coefficient (Wildman–Crippen LogP) is 3.87. The van der Waals surface area contributed by atoms with E-state index in [0.717, 1.165) is 11.1 Å². The summed E-state index contributed by atoms with van der Waals surface area (Å²) in [4.78, 5) is -0.854. The molecule has 1 aliphatic rings. The second kappa shape index (κ2) is 9.03. The van der Waals surface area contributed by atoms with Crippen LogP contribution in [0.1, 0.15) is 24.0 Å². The number of aliphatic hydroxyl groups is 1. The summed E-state index contributed by atoms with van der Waals surface area (Å²) in [6.07, 6.45) is 2.02. The van der Waals surface area contributed by atoms with E-state index in [-0.39, 0.29) is 23.0 Å². The van der Waals surface area contributed by atoms with Gasteiger partial charge in [-0.05, 0) is 55.7 Å². The van der Waals surface area contributed by atoms with E-state index in [2.05, 4.69) is 5.32 Å². The molecule has 6 nitrogen and oxygen atoms in total. The summed E-state index contributed by atoms with van der Waals surface area (Å²) in [5.41, 5.74) is 0.204. The smallest absolute Gasteiger partial charge is 0.271 e. The third-order valence-electron chi connectivity index (χ3n) is 5.39. The van der Waals surface area contributed by atoms with Crippen LogP contribution in [-0.4, -0.2) is 46.3 Å². The van der Waals surface area contributed by atoms with Crippen LogP contribution in [0.15, 0.2) is 53.4 Å². The first-order valence-corrected chi connectivity index (χ1v) is 12.2. The molecule has 1 unspecified atom stereocenters. The average Bonchev–Trinajstić information content (AvgIpc) is 3.48. The minimum Gasteiger partial charge on any atom is -0.386 e. The van der Waals surface area contributed by atoms with Crippen molar-refractivity contribution >= 4 is 56.9 Å². The quantitative estimate of drug-likeness (QED) is 0.222. The number of nitrogens with one attached hydrogen (secondary N) is 2. The van der Waals surface area contributed by atoms with Crippen molar-refractivity contribution in [2.45, 2.75) is 41.6 Å². The zero-order valence-corrected chi connectivity index (χ0v) is 20.0. The summed E-state index contributed by atoms with van der Waals surface area (Å²) in [5.74, 6) is 0. The fourth-order valence-electron chi connectivity index (χ4n) is 3.27. The number of hydrogen-bond donors (Lipinski definition) is 3. The Kier molecular flexibility index (Phi) is 6.98. The van der Waals surface area contributed by atoms with Crippen LogP contribution in [0.4, 0.5) is 0 Å². The highest BCUT2D eigenvalue weighted by Crippen LogP contribution is 2.52. The molecule has 3 N–H and O–H groups in total. The monoisotopic (exact) mass is 499 g/mol. The highest BCUT2D eigenvalue weighted by molar-refractivity contribution is 7.92. The topological polar surface area (TPSA) is 93.5 Å². The Hall–Kier alpha value is -1.71. The SMILES string of the molecule is Cc1ccc(S(=O)(=O)N(C=N)C(=S)NCC(O)(Cc2ccccc2Cl)C2(Cl)CC2)cc1. The molecular formula is C21H23Cl2N3O3S2. The summed E-state index contributed by atoms with van der Waals surface area (Å²) >= 11 is 18.1. The van der Waals surface area contributed by atoms with E-state index in [4.69, 9.17) is 40.8 Å². The van der Waals surface area contributed by atoms with Gasteiger partial charge in [0, 0.05) is 18.0 Å². The predicted molar refractivity (Wildman–Crippen MR) is 128 cm³/mol. The minimum absolute atomic E-state index is 0.00749. The van der Waals surface area contributed by atoms with E-state index in [1.54, 1.807) is 30.3 Å². The van der Waals surface area contributed by atoms with Gasteiger partial charge in [-0.1, -0.05) is 47.5 Å². The van der Waals surface area contributed by atoms with Crippen LogP contribution >= 0.6 is 35.4 Å². The molecule has 0 amide bonds. The molecule has 2 aromatic carbocycles. The van der Waals surface area contributed by atoms with E-state index in [1.165, 1.54) is 12.1 Å². The third kappa shape index (κ3) is 5.04. The number of alkyl halides is 1. The van der Waals surface area contributed by atoms with Gasteiger partial charge < -0.3 is 10.4 Å². The molecule has 0 heterocycles. The zero-order valence-electron chi connectivity index (χ0n) is 16.8. The molecule has 0 saturated heterocycles. The van der Waals surface area contributed by atoms with Gasteiger partial charge in [0.05, 0.1) is 9.77 Å². The summed E-state index contributed by atoms with van der Waals surface area (Å²) < 4.78 is 26.5. The normalized spacial score (nSPS) is 16.8. The van der Waals surface area contributed by atoms with E-state index >= 15 is 0 Å². The van der Waals surface area contributed by atoms with Gasteiger partial charge in [0.25, 0.3) is 10.0 Å². The van der Waals surface area contributed by atoms with Gasteiger partial charge >= 0.3 is 0 Å². The Balaban J connectivity index is 1.79. The summed E-state index contributed by atoms with van der Waals surface area (Å²) in [6.45, 7) is 1.74. The van der Waals surface area contributed by atoms with Gasteiger partial charge in [0.15, 0.2) is 5.11 Å². The first-order valence-electron chi connectivity index (χ1n) is 9.57. The second-order valence-corrected chi connectivity index (χ2v) is 11.0. The average molecular weight is 500 g/mol. The van der Waals surface area contributed by atoms with Gasteiger partial charge in [0.1, 0.15) is 11.9 Å². The maximum atomic E-state index is 12.9. The van der Waals surface area contributed by atoms with E-state index < -0.39 is 20.5 Å². The lowest BCUT2D eigenvalue weighted by Crippen LogP contribution is -2.55. The molecule has 1 aliphatic carbocycles. The number of aryl methyl sites for hydroxylation is 1. The van der Waals surface area contributed by atoms with Crippen molar-refractivity contribution in [2.75, 3.05) is 6.54 Å². The number of nitrogens with zero attached hydrogens (tertiary/aromatic N) is 1. The molecule has 0 spiro atoms. The second-order valence-electron chi connectivity index (χ2n) is 7.67. The highest BCUT2D eigenvalue weighted by Gasteiger charge is 2.57. The number of thiocarbonyl (C=S) groups is 1. The fraction of sp³-hybridized carbons (Fsp3) is 0.333. The van der Waals surface area contributed by atoms with Crippen LogP contribution in [0, 0.1) is 12.3 Å². The Morgan fingerprint density at radius 1 is 1.29 bits per heavy atom. The third-order valence-corrected chi connectivity index (χ3v) is 8.62. The van der Waals surface area contributed by atoms with Gasteiger partial charge in [0.2, 0.25) is 0 Å². The number of rotatable bonds is 8. The zero-order chi connectivity index (χ0) is 22.9. The molecular weight excluding hydrogens is 477 g/mol. The summed E-state index contributed by atoms with van der Waals surface area (Å²) in [6, 6.07) is 13.4. The van der Waals surface area contributed by atoms with Crippen molar-refractivity contribution in [1.29, 1.82) is 5.41 Å². The molecule has 0 radical (unpaired) electrons. The van der Waals surface area contributed by atoms with Gasteiger partial charge in [-0.3, -0.25) is 5.41 Å². The molecule has 1 fully saturated rings. The van der Waals surface area contributed by atoms with Crippen LogP contribution in [-0.2, 0) is 16.4 Å². The van der Waals surface area contributed by atoms with Crippen LogP contribution in [0.2, 0.25) is 5.02 Å². The van der Waals surface area contributed by atoms with Gasteiger partial charge in [-0.15, -0.1) is 11.6 Å². The van der Waals surface area contributed by atoms with Crippen LogP contribution in [0.3, 0.4) is 0 Å². The maximum Gasteiger partial charge on any atom is 0.271 e. The van der Waals surface area contributed by atoms with Crippen LogP contribution < -0.4 is 5.32 Å². The molecule has 1 saturated carbocycles. The van der Waals surface area contributed by atoms with E-state index in [0.29, 0.717) is 28.5 Å². The Morgan fingerprint density at radius 3 is 2.45 bits per heavy atom. The number of sulfonamides is 1. The molecule has 2 aromatic rings. The molecule has 1 atom stereocenters. The van der Waals surface area contributed by atoms with Crippen molar-refractivity contribution < 1.29 is 13.5 Å². The van der Waals surface area contributed by atoms with Crippen molar-refractivity contribution in [3.05, 3.63) is 64.7 Å². The Bertz CT molecular complexity index is 1090. The largest absolute Gasteiger partial charge is 0.386 e. The molecule has 166 valence electrons. The Labute approximate surface area is 197 Å². The molecule has 0 aliphatic heterocycles. The van der Waals surface area contributed by atoms with Gasteiger partial charge in [-0.25, -0.2) is 8.42 Å². The minimum atomic E-state index is -4.07. The molecule has 3 rings (SSSR count). The summed E-state index contributed by atoms with van der Waals surface area (Å²) in [7, 11) is -4.07. The number of halogens is 2.